The van der Waals surface area contributed by atoms with Gasteiger partial charge >= 0.3 is 0 Å². The molecule has 0 saturated carbocycles. The van der Waals surface area contributed by atoms with Gasteiger partial charge in [-0.1, -0.05) is 5.16 Å². The van der Waals surface area contributed by atoms with Gasteiger partial charge in [0.2, 0.25) is 0 Å². The van der Waals surface area contributed by atoms with Gasteiger partial charge in [-0.2, -0.15) is 0 Å². The first-order chi connectivity index (χ1) is 5.31. The lowest BCUT2D eigenvalue weighted by molar-refractivity contribution is -0.0400. The summed E-state index contributed by atoms with van der Waals surface area (Å²) in [4.78, 5) is 5.39. The predicted molar refractivity (Wildman–Crippen MR) is 46.9 cm³/mol. The second kappa shape index (κ2) is 2.75. The lowest BCUT2D eigenvalue weighted by Crippen LogP contribution is -2.41. The number of hydrogen-bond acceptors (Lipinski definition) is 3. The van der Waals surface area contributed by atoms with Crippen LogP contribution in [-0.2, 0) is 4.84 Å². The van der Waals surface area contributed by atoms with E-state index >= 15 is 0 Å². The number of halogens is 1. The zero-order valence-corrected chi connectivity index (χ0v) is 7.85. The molecule has 1 N–H and O–H groups in total. The van der Waals surface area contributed by atoms with E-state index in [1.807, 2.05) is 0 Å². The second-order valence-corrected chi connectivity index (χ2v) is 4.08. The summed E-state index contributed by atoms with van der Waals surface area (Å²) in [6.07, 6.45) is 3.10. The van der Waals surface area contributed by atoms with Crippen molar-refractivity contribution >= 4 is 20.6 Å². The topological polar surface area (TPSA) is 33.6 Å². The number of piperidine rings is 1. The number of hydrogen-bond donors (Lipinski definition) is 1. The van der Waals surface area contributed by atoms with Crippen LogP contribution in [0, 0.1) is 0 Å². The smallest absolute Gasteiger partial charge is 0.146 e. The van der Waals surface area contributed by atoms with Crippen molar-refractivity contribution in [3.63, 3.8) is 0 Å². The molecule has 2 aliphatic rings. The van der Waals surface area contributed by atoms with E-state index in [-0.39, 0.29) is 5.60 Å². The minimum Gasteiger partial charge on any atom is -0.388 e. The Bertz CT molecular complexity index is 187. The van der Waals surface area contributed by atoms with Gasteiger partial charge in [0, 0.05) is 19.3 Å². The Hall–Kier alpha value is -0.0900. The molecule has 2 heterocycles. The van der Waals surface area contributed by atoms with Gasteiger partial charge in [0.05, 0.1) is 0 Å². The van der Waals surface area contributed by atoms with Gasteiger partial charge in [-0.3, -0.25) is 0 Å². The largest absolute Gasteiger partial charge is 0.388 e. The summed E-state index contributed by atoms with van der Waals surface area (Å²) in [7, 11) is 0. The molecule has 0 aromatic heterocycles. The molecular weight excluding hydrogens is 208 g/mol. The molecule has 0 aromatic carbocycles. The summed E-state index contributed by atoms with van der Waals surface area (Å²) in [5, 5.41) is 7.22. The highest BCUT2D eigenvalue weighted by Crippen LogP contribution is 2.33. The zero-order valence-electron chi connectivity index (χ0n) is 6.27. The van der Waals surface area contributed by atoms with Crippen LogP contribution in [0.15, 0.2) is 5.16 Å². The van der Waals surface area contributed by atoms with Crippen LogP contribution in [0.1, 0.15) is 19.3 Å². The van der Waals surface area contributed by atoms with E-state index in [0.29, 0.717) is 0 Å². The van der Waals surface area contributed by atoms with E-state index in [2.05, 4.69) is 26.4 Å². The van der Waals surface area contributed by atoms with Crippen molar-refractivity contribution in [3.05, 3.63) is 0 Å². The van der Waals surface area contributed by atoms with Gasteiger partial charge in [0.25, 0.3) is 0 Å². The normalized spacial score (nSPS) is 28.3. The Kier molecular flexibility index (Phi) is 1.89. The Morgan fingerprint density at radius 1 is 1.45 bits per heavy atom. The van der Waals surface area contributed by atoms with Crippen LogP contribution in [-0.4, -0.2) is 23.3 Å². The molecule has 1 saturated heterocycles. The Morgan fingerprint density at radius 2 is 2.18 bits per heavy atom. The van der Waals surface area contributed by atoms with E-state index in [1.54, 1.807) is 0 Å². The van der Waals surface area contributed by atoms with E-state index in [4.69, 9.17) is 4.84 Å². The van der Waals surface area contributed by atoms with Crippen LogP contribution in [0.25, 0.3) is 0 Å². The molecule has 0 aliphatic carbocycles. The molecule has 0 bridgehead atoms. The fraction of sp³-hybridized carbons (Fsp3) is 0.857. The molecule has 0 amide bonds. The van der Waals surface area contributed by atoms with Gasteiger partial charge in [-0.05, 0) is 29.0 Å². The summed E-state index contributed by atoms with van der Waals surface area (Å²) in [5.41, 5.74) is 0.0318. The fourth-order valence-corrected chi connectivity index (χ4v) is 2.21. The molecule has 0 unspecified atom stereocenters. The van der Waals surface area contributed by atoms with Crippen molar-refractivity contribution < 1.29 is 4.84 Å². The summed E-state index contributed by atoms with van der Waals surface area (Å²) in [5.74, 6) is 0. The van der Waals surface area contributed by atoms with Crippen LogP contribution in [0.4, 0.5) is 0 Å². The average molecular weight is 219 g/mol. The fourth-order valence-electron chi connectivity index (χ4n) is 1.63. The van der Waals surface area contributed by atoms with Crippen molar-refractivity contribution in [3.8, 4) is 0 Å². The summed E-state index contributed by atoms with van der Waals surface area (Å²) >= 11 is 3.35. The average Bonchev–Trinajstić information content (AvgIpc) is 2.34. The van der Waals surface area contributed by atoms with Crippen molar-refractivity contribution in [2.75, 3.05) is 13.1 Å². The first-order valence-corrected chi connectivity index (χ1v) is 4.71. The molecule has 4 heteroatoms. The highest BCUT2D eigenvalue weighted by molar-refractivity contribution is 9.18. The molecule has 1 fully saturated rings. The predicted octanol–water partition coefficient (Wildman–Crippen LogP) is 1.24. The first-order valence-electron chi connectivity index (χ1n) is 3.92. The van der Waals surface area contributed by atoms with Crippen LogP contribution in [0.3, 0.4) is 0 Å². The minimum absolute atomic E-state index is 0.0318. The SMILES string of the molecule is BrC1=NOC2(CCNCC2)C1. The number of rotatable bonds is 0. The monoisotopic (exact) mass is 218 g/mol. The number of oxime groups is 1. The van der Waals surface area contributed by atoms with Crippen molar-refractivity contribution in [1.29, 1.82) is 0 Å². The van der Waals surface area contributed by atoms with Crippen LogP contribution < -0.4 is 5.32 Å². The van der Waals surface area contributed by atoms with Gasteiger partial charge in [-0.25, -0.2) is 0 Å². The van der Waals surface area contributed by atoms with Crippen molar-refractivity contribution in [2.45, 2.75) is 24.9 Å². The van der Waals surface area contributed by atoms with E-state index in [0.717, 1.165) is 37.0 Å². The number of nitrogens with zero attached hydrogens (tertiary/aromatic N) is 1. The molecule has 0 aromatic rings. The molecule has 2 rings (SSSR count). The summed E-state index contributed by atoms with van der Waals surface area (Å²) in [6, 6.07) is 0. The molecule has 0 radical (unpaired) electrons. The Balaban J connectivity index is 2.01. The maximum atomic E-state index is 5.39. The van der Waals surface area contributed by atoms with E-state index in [1.165, 1.54) is 0 Å². The second-order valence-electron chi connectivity index (χ2n) is 3.17. The number of nitrogens with one attached hydrogen (secondary N) is 1. The third-order valence-electron chi connectivity index (χ3n) is 2.32. The van der Waals surface area contributed by atoms with Crippen LogP contribution in [0.2, 0.25) is 0 Å². The Morgan fingerprint density at radius 3 is 2.73 bits per heavy atom. The molecule has 1 spiro atoms. The van der Waals surface area contributed by atoms with Gasteiger partial charge in [0.1, 0.15) is 10.2 Å². The first kappa shape index (κ1) is 7.55. The zero-order chi connectivity index (χ0) is 7.73. The summed E-state index contributed by atoms with van der Waals surface area (Å²) < 4.78 is 0.958. The van der Waals surface area contributed by atoms with Gasteiger partial charge < -0.3 is 10.2 Å². The maximum Gasteiger partial charge on any atom is 0.146 e. The van der Waals surface area contributed by atoms with Gasteiger partial charge in [0.15, 0.2) is 0 Å². The molecule has 3 nitrogen and oxygen atoms in total. The molecule has 2 aliphatic heterocycles. The molecular formula is C7H11BrN2O. The minimum atomic E-state index is 0.0318. The van der Waals surface area contributed by atoms with E-state index < -0.39 is 0 Å². The third-order valence-corrected chi connectivity index (χ3v) is 2.75. The quantitative estimate of drug-likeness (QED) is 0.664. The van der Waals surface area contributed by atoms with Crippen LogP contribution in [0.5, 0.6) is 0 Å². The molecule has 62 valence electrons. The summed E-state index contributed by atoms with van der Waals surface area (Å²) in [6.45, 7) is 2.10. The third kappa shape index (κ3) is 1.42. The van der Waals surface area contributed by atoms with Crippen molar-refractivity contribution in [1.82, 2.24) is 5.32 Å². The van der Waals surface area contributed by atoms with Crippen molar-refractivity contribution in [2.24, 2.45) is 5.16 Å². The standard InChI is InChI=1S/C7H11BrN2O/c8-6-5-7(11-10-6)1-3-9-4-2-7/h9H,1-5H2. The molecule has 11 heavy (non-hydrogen) atoms. The lowest BCUT2D eigenvalue weighted by Gasteiger charge is -2.30. The highest BCUT2D eigenvalue weighted by Gasteiger charge is 2.39. The lowest BCUT2D eigenvalue weighted by atomic mass is 9.90. The van der Waals surface area contributed by atoms with Gasteiger partial charge in [-0.15, -0.1) is 0 Å². The van der Waals surface area contributed by atoms with Crippen LogP contribution >= 0.6 is 15.9 Å². The maximum absolute atomic E-state index is 5.39. The highest BCUT2D eigenvalue weighted by atomic mass is 79.9. The van der Waals surface area contributed by atoms with E-state index in [9.17, 15) is 0 Å². The Labute approximate surface area is 74.3 Å². The molecule has 0 atom stereocenters.